The number of hydrogen-bond acceptors (Lipinski definition) is 3. The Morgan fingerprint density at radius 1 is 0.781 bits per heavy atom. The molecule has 5 rings (SSSR count). The topological polar surface area (TPSA) is 42.6 Å². The molecule has 0 atom stereocenters. The van der Waals surface area contributed by atoms with Crippen molar-refractivity contribution in [1.29, 1.82) is 0 Å². The van der Waals surface area contributed by atoms with Crippen molar-refractivity contribution in [2.45, 2.75) is 38.9 Å². The largest absolute Gasteiger partial charge is 0.455 e. The van der Waals surface area contributed by atoms with Gasteiger partial charge in [-0.05, 0) is 56.3 Å². The summed E-state index contributed by atoms with van der Waals surface area (Å²) >= 11 is 0. The minimum atomic E-state index is -0.953. The minimum Gasteiger partial charge on any atom is -0.455 e. The number of hydrogen-bond donors (Lipinski definition) is 1. The Kier molecular flexibility index (Phi) is 4.88. The minimum absolute atomic E-state index is 0.699. The fourth-order valence-electron chi connectivity index (χ4n) is 3.90. The van der Waals surface area contributed by atoms with Crippen molar-refractivity contribution in [3.05, 3.63) is 78.9 Å². The molecule has 0 amide bonds. The lowest BCUT2D eigenvalue weighted by atomic mass is 9.82. The van der Waals surface area contributed by atoms with E-state index < -0.39 is 11.2 Å². The molecule has 0 fully saturated rings. The van der Waals surface area contributed by atoms with Crippen molar-refractivity contribution in [3.8, 4) is 11.1 Å². The number of aliphatic hydroxyl groups is 1. The molecule has 4 aromatic carbocycles. The molecule has 1 radical (unpaired) electrons. The lowest BCUT2D eigenvalue weighted by Crippen LogP contribution is -2.49. The third kappa shape index (κ3) is 3.50. The number of fused-ring (bicyclic) bond motifs is 5. The molecular formula is C28H26BO3. The second kappa shape index (κ2) is 7.51. The summed E-state index contributed by atoms with van der Waals surface area (Å²) in [7, 11) is 1.71. The maximum absolute atomic E-state index is 10.3. The van der Waals surface area contributed by atoms with Crippen LogP contribution in [-0.2, 0) is 4.65 Å². The van der Waals surface area contributed by atoms with Crippen LogP contribution in [0.25, 0.3) is 43.8 Å². The van der Waals surface area contributed by atoms with Crippen LogP contribution in [0.3, 0.4) is 0 Å². The Morgan fingerprint density at radius 2 is 1.53 bits per heavy atom. The van der Waals surface area contributed by atoms with E-state index in [2.05, 4.69) is 42.5 Å². The molecule has 0 spiro atoms. The Balaban J connectivity index is 1.53. The van der Waals surface area contributed by atoms with Gasteiger partial charge >= 0.3 is 7.48 Å². The quantitative estimate of drug-likeness (QED) is 0.343. The molecule has 1 heterocycles. The van der Waals surface area contributed by atoms with Crippen LogP contribution in [0.15, 0.2) is 83.3 Å². The van der Waals surface area contributed by atoms with Crippen LogP contribution in [-0.4, -0.2) is 23.8 Å². The van der Waals surface area contributed by atoms with Crippen LogP contribution in [0.5, 0.6) is 0 Å². The summed E-state index contributed by atoms with van der Waals surface area (Å²) in [6, 6.07) is 27.1. The Labute approximate surface area is 188 Å². The summed E-state index contributed by atoms with van der Waals surface area (Å²) in [5, 5.41) is 14.9. The van der Waals surface area contributed by atoms with E-state index in [1.807, 2.05) is 50.2 Å². The zero-order valence-electron chi connectivity index (χ0n) is 18.8. The molecule has 0 saturated heterocycles. The van der Waals surface area contributed by atoms with E-state index in [9.17, 15) is 5.11 Å². The normalized spacial score (nSPS) is 12.7. The summed E-state index contributed by atoms with van der Waals surface area (Å²) in [5.74, 6) is 0. The first-order valence-electron chi connectivity index (χ1n) is 10.9. The molecule has 1 N–H and O–H groups in total. The molecule has 0 aliphatic rings. The molecule has 0 aliphatic heterocycles. The molecule has 0 unspecified atom stereocenters. The van der Waals surface area contributed by atoms with E-state index in [-0.39, 0.29) is 0 Å². The van der Waals surface area contributed by atoms with Crippen LogP contribution in [0.2, 0.25) is 0 Å². The zero-order chi connectivity index (χ0) is 22.5. The molecule has 0 aliphatic carbocycles. The van der Waals surface area contributed by atoms with Gasteiger partial charge in [-0.3, -0.25) is 0 Å². The van der Waals surface area contributed by atoms with Gasteiger partial charge in [0.25, 0.3) is 0 Å². The highest BCUT2D eigenvalue weighted by molar-refractivity contribution is 6.47. The molecule has 32 heavy (non-hydrogen) atoms. The number of benzene rings is 4. The first kappa shape index (κ1) is 20.8. The summed E-state index contributed by atoms with van der Waals surface area (Å²) < 4.78 is 12.2. The molecule has 3 nitrogen and oxygen atoms in total. The van der Waals surface area contributed by atoms with Crippen molar-refractivity contribution in [3.63, 3.8) is 0 Å². The predicted octanol–water partition coefficient (Wildman–Crippen LogP) is 6.22. The second-order valence-electron chi connectivity index (χ2n) is 9.37. The standard InChI is InChI=1S/C28H26BO3/c1-27(2,30)28(3,4)32-29-20-15-12-19(13-16-20)21-10-7-11-24-25(21)23-17-14-18-8-5-6-9-22(18)26(23)31-24/h5-17,30H,1-4H3. The summed E-state index contributed by atoms with van der Waals surface area (Å²) in [5.41, 5.74) is 3.37. The number of rotatable bonds is 5. The maximum Gasteiger partial charge on any atom is 0.330 e. The SMILES string of the molecule is CC(C)(O)C(C)(C)O[B]c1ccc(-c2cccc3oc4c5ccccc5ccc4c23)cc1. The van der Waals surface area contributed by atoms with Crippen LogP contribution < -0.4 is 5.46 Å². The van der Waals surface area contributed by atoms with Crippen molar-refractivity contribution in [2.24, 2.45) is 0 Å². The van der Waals surface area contributed by atoms with Crippen LogP contribution >= 0.6 is 0 Å². The smallest absolute Gasteiger partial charge is 0.330 e. The first-order valence-corrected chi connectivity index (χ1v) is 10.9. The average molecular weight is 421 g/mol. The summed E-state index contributed by atoms with van der Waals surface area (Å²) in [4.78, 5) is 0. The van der Waals surface area contributed by atoms with Crippen molar-refractivity contribution >= 4 is 45.7 Å². The van der Waals surface area contributed by atoms with Crippen LogP contribution in [0.1, 0.15) is 27.7 Å². The first-order chi connectivity index (χ1) is 15.2. The maximum atomic E-state index is 10.3. The highest BCUT2D eigenvalue weighted by Gasteiger charge is 2.35. The molecule has 0 bridgehead atoms. The fraction of sp³-hybridized carbons (Fsp3) is 0.214. The molecule has 4 heteroatoms. The fourth-order valence-corrected chi connectivity index (χ4v) is 3.90. The van der Waals surface area contributed by atoms with Gasteiger partial charge in [-0.1, -0.05) is 72.2 Å². The van der Waals surface area contributed by atoms with Gasteiger partial charge in [-0.15, -0.1) is 0 Å². The molecule has 5 aromatic rings. The Hall–Kier alpha value is -3.08. The van der Waals surface area contributed by atoms with E-state index in [1.165, 1.54) is 5.39 Å². The van der Waals surface area contributed by atoms with E-state index >= 15 is 0 Å². The van der Waals surface area contributed by atoms with Gasteiger partial charge in [0.2, 0.25) is 0 Å². The summed E-state index contributed by atoms with van der Waals surface area (Å²) in [6.07, 6.45) is 0. The van der Waals surface area contributed by atoms with Crippen LogP contribution in [0, 0.1) is 0 Å². The highest BCUT2D eigenvalue weighted by Crippen LogP contribution is 2.39. The number of furan rings is 1. The lowest BCUT2D eigenvalue weighted by molar-refractivity contribution is -0.0893. The van der Waals surface area contributed by atoms with Gasteiger partial charge in [0.15, 0.2) is 0 Å². The monoisotopic (exact) mass is 421 g/mol. The summed E-state index contributed by atoms with van der Waals surface area (Å²) in [6.45, 7) is 7.27. The van der Waals surface area contributed by atoms with Gasteiger partial charge < -0.3 is 14.2 Å². The lowest BCUT2D eigenvalue weighted by Gasteiger charge is -2.37. The van der Waals surface area contributed by atoms with Gasteiger partial charge in [-0.2, -0.15) is 0 Å². The van der Waals surface area contributed by atoms with Gasteiger partial charge in [-0.25, -0.2) is 0 Å². The molecule has 1 aromatic heterocycles. The van der Waals surface area contributed by atoms with Crippen molar-refractivity contribution in [1.82, 2.24) is 0 Å². The third-order valence-corrected chi connectivity index (χ3v) is 6.57. The molecule has 159 valence electrons. The van der Waals surface area contributed by atoms with Crippen molar-refractivity contribution < 1.29 is 14.2 Å². The van der Waals surface area contributed by atoms with E-state index in [1.54, 1.807) is 21.3 Å². The molecular weight excluding hydrogens is 395 g/mol. The highest BCUT2D eigenvalue weighted by atomic mass is 16.5. The van der Waals surface area contributed by atoms with E-state index in [0.717, 1.165) is 43.9 Å². The second-order valence-corrected chi connectivity index (χ2v) is 9.37. The Bertz CT molecular complexity index is 1420. The van der Waals surface area contributed by atoms with Gasteiger partial charge in [0, 0.05) is 16.2 Å². The zero-order valence-corrected chi connectivity index (χ0v) is 18.8. The Morgan fingerprint density at radius 3 is 2.28 bits per heavy atom. The third-order valence-electron chi connectivity index (χ3n) is 6.57. The van der Waals surface area contributed by atoms with Crippen molar-refractivity contribution in [2.75, 3.05) is 0 Å². The van der Waals surface area contributed by atoms with Gasteiger partial charge in [0.1, 0.15) is 11.2 Å². The molecule has 0 saturated carbocycles. The van der Waals surface area contributed by atoms with E-state index in [4.69, 9.17) is 9.07 Å². The van der Waals surface area contributed by atoms with E-state index in [0.29, 0.717) is 0 Å². The van der Waals surface area contributed by atoms with Crippen LogP contribution in [0.4, 0.5) is 0 Å². The predicted molar refractivity (Wildman–Crippen MR) is 134 cm³/mol. The average Bonchev–Trinajstić information content (AvgIpc) is 3.17. The van der Waals surface area contributed by atoms with Gasteiger partial charge in [0.05, 0.1) is 11.2 Å².